The molecule has 1 unspecified atom stereocenters. The van der Waals surface area contributed by atoms with E-state index in [1.807, 2.05) is 6.07 Å². The maximum atomic E-state index is 6.76. The Bertz CT molecular complexity index is 779. The summed E-state index contributed by atoms with van der Waals surface area (Å²) < 4.78 is 1.10. The van der Waals surface area contributed by atoms with Gasteiger partial charge in [0, 0.05) is 4.47 Å². The monoisotopic (exact) mass is 358 g/mol. The topological polar surface area (TPSA) is 0 Å². The van der Waals surface area contributed by atoms with E-state index >= 15 is 0 Å². The predicted octanol–water partition coefficient (Wildman–Crippen LogP) is 6.43. The lowest BCUT2D eigenvalue weighted by Gasteiger charge is -2.16. The zero-order chi connectivity index (χ0) is 14.8. The van der Waals surface area contributed by atoms with Gasteiger partial charge in [-0.2, -0.15) is 0 Å². The molecule has 3 aromatic carbocycles. The van der Waals surface area contributed by atoms with Crippen LogP contribution in [0.15, 0.2) is 65.1 Å². The molecule has 0 nitrogen and oxygen atoms in total. The Hall–Kier alpha value is -1.31. The van der Waals surface area contributed by atoms with Gasteiger partial charge in [0.2, 0.25) is 0 Å². The van der Waals surface area contributed by atoms with E-state index < -0.39 is 0 Å². The number of alkyl halides is 1. The van der Waals surface area contributed by atoms with Crippen LogP contribution in [0.5, 0.6) is 0 Å². The SMILES string of the molecule is Cc1ccc2ccccc2c1C(Cl)Cc1cccc(Br)c1. The van der Waals surface area contributed by atoms with Gasteiger partial charge in [-0.1, -0.05) is 64.5 Å². The van der Waals surface area contributed by atoms with Crippen LogP contribution in [0.3, 0.4) is 0 Å². The van der Waals surface area contributed by atoms with Crippen LogP contribution in [0.4, 0.5) is 0 Å². The highest BCUT2D eigenvalue weighted by Gasteiger charge is 2.15. The van der Waals surface area contributed by atoms with Crippen molar-refractivity contribution >= 4 is 38.3 Å². The third-order valence-electron chi connectivity index (χ3n) is 3.81. The van der Waals surface area contributed by atoms with Gasteiger partial charge >= 0.3 is 0 Å². The summed E-state index contributed by atoms with van der Waals surface area (Å²) in [7, 11) is 0. The minimum Gasteiger partial charge on any atom is -0.117 e. The second-order valence-electron chi connectivity index (χ2n) is 5.32. The van der Waals surface area contributed by atoms with Crippen molar-refractivity contribution < 1.29 is 0 Å². The first-order valence-electron chi connectivity index (χ1n) is 7.02. The minimum absolute atomic E-state index is 0.0228. The van der Waals surface area contributed by atoms with Gasteiger partial charge in [-0.05, 0) is 52.9 Å². The van der Waals surface area contributed by atoms with Crippen molar-refractivity contribution in [3.63, 3.8) is 0 Å². The second-order valence-corrected chi connectivity index (χ2v) is 6.76. The van der Waals surface area contributed by atoms with E-state index in [1.165, 1.54) is 27.5 Å². The molecule has 0 N–H and O–H groups in total. The number of benzene rings is 3. The van der Waals surface area contributed by atoms with E-state index in [0.717, 1.165) is 10.9 Å². The summed E-state index contributed by atoms with van der Waals surface area (Å²) in [5.41, 5.74) is 3.75. The standard InChI is InChI=1S/C19H16BrCl/c1-13-9-10-15-6-2-3-8-17(15)19(13)18(21)12-14-5-4-7-16(20)11-14/h2-11,18H,12H2,1H3. The number of hydrogen-bond donors (Lipinski definition) is 0. The van der Waals surface area contributed by atoms with Gasteiger partial charge in [0.15, 0.2) is 0 Å². The highest BCUT2D eigenvalue weighted by atomic mass is 79.9. The molecule has 3 rings (SSSR count). The van der Waals surface area contributed by atoms with Crippen LogP contribution < -0.4 is 0 Å². The molecule has 1 atom stereocenters. The predicted molar refractivity (Wildman–Crippen MR) is 95.1 cm³/mol. The Morgan fingerprint density at radius 1 is 1.00 bits per heavy atom. The molecule has 0 aliphatic heterocycles. The number of rotatable bonds is 3. The summed E-state index contributed by atoms with van der Waals surface area (Å²) in [6.07, 6.45) is 0.829. The van der Waals surface area contributed by atoms with Crippen LogP contribution in [-0.2, 0) is 6.42 Å². The summed E-state index contributed by atoms with van der Waals surface area (Å²) in [6.45, 7) is 2.14. The highest BCUT2D eigenvalue weighted by Crippen LogP contribution is 2.34. The Morgan fingerprint density at radius 3 is 2.62 bits per heavy atom. The van der Waals surface area contributed by atoms with Crippen LogP contribution in [0.1, 0.15) is 22.1 Å². The first kappa shape index (κ1) is 14.6. The third kappa shape index (κ3) is 3.14. The van der Waals surface area contributed by atoms with Gasteiger partial charge in [0.25, 0.3) is 0 Å². The lowest BCUT2D eigenvalue weighted by Crippen LogP contribution is -2.00. The Balaban J connectivity index is 2.01. The van der Waals surface area contributed by atoms with Crippen molar-refractivity contribution in [3.8, 4) is 0 Å². The third-order valence-corrected chi connectivity index (χ3v) is 4.67. The fourth-order valence-corrected chi connectivity index (χ4v) is 3.71. The molecule has 21 heavy (non-hydrogen) atoms. The van der Waals surface area contributed by atoms with Crippen molar-refractivity contribution in [2.45, 2.75) is 18.7 Å². The fraction of sp³-hybridized carbons (Fsp3) is 0.158. The fourth-order valence-electron chi connectivity index (χ4n) is 2.79. The van der Waals surface area contributed by atoms with E-state index in [2.05, 4.69) is 77.5 Å². The summed E-state index contributed by atoms with van der Waals surface area (Å²) in [4.78, 5) is 0. The molecule has 0 radical (unpaired) electrons. The van der Waals surface area contributed by atoms with Gasteiger partial charge in [0.05, 0.1) is 5.38 Å². The van der Waals surface area contributed by atoms with Crippen molar-refractivity contribution in [2.24, 2.45) is 0 Å². The molecule has 0 fully saturated rings. The zero-order valence-corrected chi connectivity index (χ0v) is 14.2. The zero-order valence-electron chi connectivity index (χ0n) is 11.8. The normalized spacial score (nSPS) is 12.5. The van der Waals surface area contributed by atoms with Crippen LogP contribution in [0.25, 0.3) is 10.8 Å². The van der Waals surface area contributed by atoms with Crippen LogP contribution in [0, 0.1) is 6.92 Å². The number of halogens is 2. The molecule has 2 heteroatoms. The lowest BCUT2D eigenvalue weighted by atomic mass is 9.94. The molecular formula is C19H16BrCl. The maximum Gasteiger partial charge on any atom is 0.0634 e. The van der Waals surface area contributed by atoms with Crippen molar-refractivity contribution in [2.75, 3.05) is 0 Å². The molecule has 3 aromatic rings. The molecule has 0 spiro atoms. The summed E-state index contributed by atoms with van der Waals surface area (Å²) in [5, 5.41) is 2.48. The van der Waals surface area contributed by atoms with E-state index in [-0.39, 0.29) is 5.38 Å². The smallest absolute Gasteiger partial charge is 0.0634 e. The largest absolute Gasteiger partial charge is 0.117 e. The molecule has 106 valence electrons. The quantitative estimate of drug-likeness (QED) is 0.472. The van der Waals surface area contributed by atoms with E-state index in [0.29, 0.717) is 0 Å². The molecule has 0 aromatic heterocycles. The number of hydrogen-bond acceptors (Lipinski definition) is 0. The van der Waals surface area contributed by atoms with Gasteiger partial charge in [-0.25, -0.2) is 0 Å². The van der Waals surface area contributed by atoms with Gasteiger partial charge in [-0.15, -0.1) is 11.6 Å². The molecule has 0 aliphatic carbocycles. The lowest BCUT2D eigenvalue weighted by molar-refractivity contribution is 0.918. The molecule has 0 heterocycles. The van der Waals surface area contributed by atoms with Crippen LogP contribution >= 0.6 is 27.5 Å². The summed E-state index contributed by atoms with van der Waals surface area (Å²) in [6, 6.07) is 21.1. The van der Waals surface area contributed by atoms with E-state index in [4.69, 9.17) is 11.6 Å². The molecule has 0 saturated heterocycles. The Morgan fingerprint density at radius 2 is 1.81 bits per heavy atom. The minimum atomic E-state index is -0.0228. The van der Waals surface area contributed by atoms with Crippen LogP contribution in [0.2, 0.25) is 0 Å². The Labute approximate surface area is 138 Å². The van der Waals surface area contributed by atoms with Gasteiger partial charge in [-0.3, -0.25) is 0 Å². The molecule has 0 bridgehead atoms. The van der Waals surface area contributed by atoms with Crippen LogP contribution in [-0.4, -0.2) is 0 Å². The first-order valence-corrected chi connectivity index (χ1v) is 8.25. The maximum absolute atomic E-state index is 6.76. The second kappa shape index (κ2) is 6.21. The average Bonchev–Trinajstić information content (AvgIpc) is 2.47. The summed E-state index contributed by atoms with van der Waals surface area (Å²) in [5.74, 6) is 0. The van der Waals surface area contributed by atoms with Crippen molar-refractivity contribution in [1.29, 1.82) is 0 Å². The van der Waals surface area contributed by atoms with E-state index in [9.17, 15) is 0 Å². The number of aryl methyl sites for hydroxylation is 1. The average molecular weight is 360 g/mol. The number of fused-ring (bicyclic) bond motifs is 1. The molecular weight excluding hydrogens is 344 g/mol. The first-order chi connectivity index (χ1) is 10.1. The van der Waals surface area contributed by atoms with E-state index in [1.54, 1.807) is 0 Å². The van der Waals surface area contributed by atoms with Crippen molar-refractivity contribution in [1.82, 2.24) is 0 Å². The molecule has 0 aliphatic rings. The summed E-state index contributed by atoms with van der Waals surface area (Å²) >= 11 is 10.3. The Kier molecular flexibility index (Phi) is 4.32. The van der Waals surface area contributed by atoms with Gasteiger partial charge < -0.3 is 0 Å². The molecule has 0 saturated carbocycles. The van der Waals surface area contributed by atoms with Gasteiger partial charge in [0.1, 0.15) is 0 Å². The highest BCUT2D eigenvalue weighted by molar-refractivity contribution is 9.10. The van der Waals surface area contributed by atoms with Crippen molar-refractivity contribution in [3.05, 3.63) is 81.8 Å². The molecule has 0 amide bonds.